The van der Waals surface area contributed by atoms with E-state index in [1.165, 1.54) is 23.5 Å². The molecule has 0 unspecified atom stereocenters. The van der Waals surface area contributed by atoms with E-state index in [9.17, 15) is 8.42 Å². The van der Waals surface area contributed by atoms with Gasteiger partial charge in [0.25, 0.3) is 0 Å². The van der Waals surface area contributed by atoms with Crippen molar-refractivity contribution < 1.29 is 8.42 Å². The van der Waals surface area contributed by atoms with Crippen molar-refractivity contribution in [3.05, 3.63) is 40.3 Å². The molecule has 0 amide bonds. The maximum absolute atomic E-state index is 12.0. The molecule has 0 aliphatic carbocycles. The van der Waals surface area contributed by atoms with Crippen molar-refractivity contribution in [1.82, 2.24) is 9.71 Å². The second-order valence-electron chi connectivity index (χ2n) is 3.75. The molecule has 0 fully saturated rings. The van der Waals surface area contributed by atoms with Gasteiger partial charge in [-0.2, -0.15) is 0 Å². The maximum Gasteiger partial charge on any atom is 0.240 e. The second-order valence-corrected chi connectivity index (χ2v) is 6.58. The van der Waals surface area contributed by atoms with Crippen molar-refractivity contribution in [3.63, 3.8) is 0 Å². The number of nitrogen functional groups attached to an aromatic ring is 1. The molecule has 96 valence electrons. The van der Waals surface area contributed by atoms with Gasteiger partial charge in [0.1, 0.15) is 0 Å². The maximum atomic E-state index is 12.0. The van der Waals surface area contributed by atoms with Gasteiger partial charge in [-0.1, -0.05) is 6.07 Å². The SMILES string of the molecule is Cc1nc(CNS(=O)(=O)c2cccc(N)c2)cs1. The van der Waals surface area contributed by atoms with Crippen LogP contribution in [0.5, 0.6) is 0 Å². The summed E-state index contributed by atoms with van der Waals surface area (Å²) in [4.78, 5) is 4.35. The van der Waals surface area contributed by atoms with E-state index in [4.69, 9.17) is 5.73 Å². The molecule has 0 aliphatic rings. The Balaban J connectivity index is 2.13. The van der Waals surface area contributed by atoms with Crippen LogP contribution in [0.2, 0.25) is 0 Å². The van der Waals surface area contributed by atoms with Crippen LogP contribution >= 0.6 is 11.3 Å². The lowest BCUT2D eigenvalue weighted by Crippen LogP contribution is -2.23. The van der Waals surface area contributed by atoms with Gasteiger partial charge in [0.05, 0.1) is 22.1 Å². The molecule has 2 rings (SSSR count). The van der Waals surface area contributed by atoms with Crippen LogP contribution in [-0.4, -0.2) is 13.4 Å². The van der Waals surface area contributed by atoms with Crippen LogP contribution in [0.1, 0.15) is 10.7 Å². The minimum atomic E-state index is -3.54. The molecule has 5 nitrogen and oxygen atoms in total. The summed E-state index contributed by atoms with van der Waals surface area (Å²) in [6.45, 7) is 2.06. The highest BCUT2D eigenvalue weighted by atomic mass is 32.2. The summed E-state index contributed by atoms with van der Waals surface area (Å²) >= 11 is 1.49. The molecule has 0 bridgehead atoms. The van der Waals surface area contributed by atoms with Gasteiger partial charge in [-0.25, -0.2) is 18.1 Å². The van der Waals surface area contributed by atoms with Gasteiger partial charge in [0, 0.05) is 11.1 Å². The number of thiazole rings is 1. The number of hydrogen-bond acceptors (Lipinski definition) is 5. The fraction of sp³-hybridized carbons (Fsp3) is 0.182. The molecule has 2 aromatic rings. The van der Waals surface area contributed by atoms with Gasteiger partial charge in [0.15, 0.2) is 0 Å². The molecule has 1 aromatic heterocycles. The van der Waals surface area contributed by atoms with E-state index in [1.54, 1.807) is 12.1 Å². The topological polar surface area (TPSA) is 85.1 Å². The number of nitrogens with two attached hydrogens (primary N) is 1. The fourth-order valence-electron chi connectivity index (χ4n) is 1.42. The average Bonchev–Trinajstić information content (AvgIpc) is 2.73. The van der Waals surface area contributed by atoms with E-state index < -0.39 is 10.0 Å². The summed E-state index contributed by atoms with van der Waals surface area (Å²) < 4.78 is 26.4. The molecule has 18 heavy (non-hydrogen) atoms. The Hall–Kier alpha value is -1.44. The number of nitrogens with one attached hydrogen (secondary N) is 1. The molecule has 0 saturated carbocycles. The number of aryl methyl sites for hydroxylation is 1. The van der Waals surface area contributed by atoms with Gasteiger partial charge < -0.3 is 5.73 Å². The average molecular weight is 283 g/mol. The lowest BCUT2D eigenvalue weighted by atomic mass is 10.3. The molecule has 3 N–H and O–H groups in total. The Morgan fingerprint density at radius 3 is 2.83 bits per heavy atom. The predicted molar refractivity (Wildman–Crippen MR) is 71.7 cm³/mol. The Morgan fingerprint density at radius 1 is 1.44 bits per heavy atom. The molecule has 7 heteroatoms. The largest absolute Gasteiger partial charge is 0.399 e. The van der Waals surface area contributed by atoms with Crippen LogP contribution < -0.4 is 10.5 Å². The molecule has 0 saturated heterocycles. The zero-order valence-electron chi connectivity index (χ0n) is 9.75. The van der Waals surface area contributed by atoms with Crippen molar-refractivity contribution >= 4 is 27.0 Å². The van der Waals surface area contributed by atoms with E-state index in [1.807, 2.05) is 12.3 Å². The van der Waals surface area contributed by atoms with Crippen LogP contribution in [0.15, 0.2) is 34.5 Å². The Bertz CT molecular complexity index is 650. The van der Waals surface area contributed by atoms with Gasteiger partial charge in [-0.3, -0.25) is 0 Å². The number of sulfonamides is 1. The molecule has 1 heterocycles. The summed E-state index contributed by atoms with van der Waals surface area (Å²) in [7, 11) is -3.54. The number of aromatic nitrogens is 1. The van der Waals surface area contributed by atoms with Crippen LogP contribution in [0, 0.1) is 6.92 Å². The first-order valence-electron chi connectivity index (χ1n) is 5.23. The highest BCUT2D eigenvalue weighted by Crippen LogP contribution is 2.13. The van der Waals surface area contributed by atoms with Gasteiger partial charge >= 0.3 is 0 Å². The van der Waals surface area contributed by atoms with Crippen molar-refractivity contribution in [1.29, 1.82) is 0 Å². The predicted octanol–water partition coefficient (Wildman–Crippen LogP) is 1.51. The van der Waals surface area contributed by atoms with Crippen LogP contribution in [0.25, 0.3) is 0 Å². The molecular formula is C11H13N3O2S2. The lowest BCUT2D eigenvalue weighted by molar-refractivity contribution is 0.580. The first kappa shape index (κ1) is 13.0. The highest BCUT2D eigenvalue weighted by Gasteiger charge is 2.14. The van der Waals surface area contributed by atoms with Gasteiger partial charge in [0.2, 0.25) is 10.0 Å². The number of benzene rings is 1. The van der Waals surface area contributed by atoms with Crippen molar-refractivity contribution in [2.24, 2.45) is 0 Å². The zero-order valence-corrected chi connectivity index (χ0v) is 11.4. The summed E-state index contributed by atoms with van der Waals surface area (Å²) in [5.74, 6) is 0. The smallest absolute Gasteiger partial charge is 0.240 e. The lowest BCUT2D eigenvalue weighted by Gasteiger charge is -2.05. The van der Waals surface area contributed by atoms with E-state index in [0.717, 1.165) is 5.01 Å². The zero-order chi connectivity index (χ0) is 13.2. The van der Waals surface area contributed by atoms with Gasteiger partial charge in [-0.15, -0.1) is 11.3 Å². The minimum absolute atomic E-state index is 0.162. The standard InChI is InChI=1S/C11H13N3O2S2/c1-8-14-10(7-17-8)6-13-18(15,16)11-4-2-3-9(12)5-11/h2-5,7,13H,6,12H2,1H3. The Labute approximate surface area is 110 Å². The van der Waals surface area contributed by atoms with E-state index >= 15 is 0 Å². The number of rotatable bonds is 4. The minimum Gasteiger partial charge on any atom is -0.399 e. The summed E-state index contributed by atoms with van der Waals surface area (Å²) in [5.41, 5.74) is 6.69. The molecule has 0 radical (unpaired) electrons. The van der Waals surface area contributed by atoms with E-state index in [0.29, 0.717) is 11.4 Å². The van der Waals surface area contributed by atoms with E-state index in [-0.39, 0.29) is 11.4 Å². The number of hydrogen-bond donors (Lipinski definition) is 2. The molecular weight excluding hydrogens is 270 g/mol. The molecule has 0 aliphatic heterocycles. The van der Waals surface area contributed by atoms with Crippen LogP contribution in [0.3, 0.4) is 0 Å². The Kier molecular flexibility index (Phi) is 3.65. The summed E-state index contributed by atoms with van der Waals surface area (Å²) in [6, 6.07) is 6.18. The normalized spacial score (nSPS) is 11.6. The summed E-state index contributed by atoms with van der Waals surface area (Å²) in [6.07, 6.45) is 0. The third-order valence-electron chi connectivity index (χ3n) is 2.28. The molecule has 0 atom stereocenters. The van der Waals surface area contributed by atoms with Crippen LogP contribution in [-0.2, 0) is 16.6 Å². The van der Waals surface area contributed by atoms with Crippen molar-refractivity contribution in [3.8, 4) is 0 Å². The van der Waals surface area contributed by atoms with Crippen molar-refractivity contribution in [2.75, 3.05) is 5.73 Å². The molecule has 0 spiro atoms. The van der Waals surface area contributed by atoms with E-state index in [2.05, 4.69) is 9.71 Å². The third kappa shape index (κ3) is 3.06. The van der Waals surface area contributed by atoms with Crippen LogP contribution in [0.4, 0.5) is 5.69 Å². The third-order valence-corrected chi connectivity index (χ3v) is 4.50. The number of nitrogens with zero attached hydrogens (tertiary/aromatic N) is 1. The fourth-order valence-corrected chi connectivity index (χ4v) is 3.09. The van der Waals surface area contributed by atoms with Gasteiger partial charge in [-0.05, 0) is 25.1 Å². The molecule has 1 aromatic carbocycles. The highest BCUT2D eigenvalue weighted by molar-refractivity contribution is 7.89. The second kappa shape index (κ2) is 5.05. The summed E-state index contributed by atoms with van der Waals surface area (Å²) in [5, 5.41) is 2.74. The first-order valence-corrected chi connectivity index (χ1v) is 7.60. The first-order chi connectivity index (χ1) is 8.47. The quantitative estimate of drug-likeness (QED) is 0.833. The monoisotopic (exact) mass is 283 g/mol. The van der Waals surface area contributed by atoms with Crippen molar-refractivity contribution in [2.45, 2.75) is 18.4 Å². The number of anilines is 1. The Morgan fingerprint density at radius 2 is 2.22 bits per heavy atom.